The SMILES string of the molecule is Cc1nn(-c2ccccc2)c2c1C(c1ccccc1Cl)C1=C(CC(C)(C)CC1=O)N2. The first-order valence-electron chi connectivity index (χ1n) is 10.3. The number of Topliss-reactive ketones (excluding diaryl/α,β-unsaturated/α-hetero) is 1. The molecular formula is C25H24ClN3O. The molecule has 0 bridgehead atoms. The summed E-state index contributed by atoms with van der Waals surface area (Å²) in [7, 11) is 0. The number of carbonyl (C=O) groups excluding carboxylic acids is 1. The molecule has 30 heavy (non-hydrogen) atoms. The number of fused-ring (bicyclic) bond motifs is 1. The number of carbonyl (C=O) groups is 1. The number of benzene rings is 2. The van der Waals surface area contributed by atoms with Crippen molar-refractivity contribution in [3.63, 3.8) is 0 Å². The Balaban J connectivity index is 1.78. The summed E-state index contributed by atoms with van der Waals surface area (Å²) in [4.78, 5) is 13.4. The lowest BCUT2D eigenvalue weighted by atomic mass is 9.69. The summed E-state index contributed by atoms with van der Waals surface area (Å²) in [5.41, 5.74) is 5.61. The zero-order valence-electron chi connectivity index (χ0n) is 17.4. The molecule has 152 valence electrons. The monoisotopic (exact) mass is 417 g/mol. The van der Waals surface area contributed by atoms with Crippen molar-refractivity contribution in [3.8, 4) is 5.69 Å². The number of nitrogens with one attached hydrogen (secondary N) is 1. The van der Waals surface area contributed by atoms with Crippen LogP contribution in [0.25, 0.3) is 5.69 Å². The van der Waals surface area contributed by atoms with Crippen LogP contribution in [0.4, 0.5) is 5.82 Å². The molecule has 1 aliphatic heterocycles. The average molecular weight is 418 g/mol. The van der Waals surface area contributed by atoms with Crippen molar-refractivity contribution in [2.75, 3.05) is 5.32 Å². The Morgan fingerprint density at radius 3 is 2.50 bits per heavy atom. The molecule has 2 heterocycles. The predicted molar refractivity (Wildman–Crippen MR) is 120 cm³/mol. The van der Waals surface area contributed by atoms with E-state index in [2.05, 4.69) is 19.2 Å². The highest BCUT2D eigenvalue weighted by molar-refractivity contribution is 6.31. The molecule has 1 aromatic heterocycles. The highest BCUT2D eigenvalue weighted by Crippen LogP contribution is 2.51. The van der Waals surface area contributed by atoms with Crippen LogP contribution >= 0.6 is 11.6 Å². The maximum absolute atomic E-state index is 13.4. The molecule has 1 aliphatic carbocycles. The highest BCUT2D eigenvalue weighted by Gasteiger charge is 2.43. The fourth-order valence-corrected chi connectivity index (χ4v) is 5.09. The fraction of sp³-hybridized carbons (Fsp3) is 0.280. The van der Waals surface area contributed by atoms with E-state index in [4.69, 9.17) is 16.7 Å². The molecule has 1 unspecified atom stereocenters. The van der Waals surface area contributed by atoms with Gasteiger partial charge >= 0.3 is 0 Å². The minimum Gasteiger partial charge on any atom is -0.343 e. The lowest BCUT2D eigenvalue weighted by Crippen LogP contribution is -2.34. The Hall–Kier alpha value is -2.85. The van der Waals surface area contributed by atoms with E-state index in [0.29, 0.717) is 11.4 Å². The third-order valence-corrected chi connectivity index (χ3v) is 6.43. The van der Waals surface area contributed by atoms with Crippen molar-refractivity contribution in [3.05, 3.63) is 87.7 Å². The van der Waals surface area contributed by atoms with Gasteiger partial charge in [0.25, 0.3) is 0 Å². The summed E-state index contributed by atoms with van der Waals surface area (Å²) in [6, 6.07) is 17.9. The molecule has 2 aliphatic rings. The summed E-state index contributed by atoms with van der Waals surface area (Å²) in [6.07, 6.45) is 1.35. The third-order valence-electron chi connectivity index (χ3n) is 6.09. The van der Waals surface area contributed by atoms with Crippen LogP contribution in [0.2, 0.25) is 5.02 Å². The van der Waals surface area contributed by atoms with Crippen LogP contribution in [0, 0.1) is 12.3 Å². The predicted octanol–water partition coefficient (Wildman–Crippen LogP) is 6.03. The normalized spacial score (nSPS) is 19.9. The van der Waals surface area contributed by atoms with Gasteiger partial charge in [0.2, 0.25) is 0 Å². The molecule has 0 spiro atoms. The number of hydrogen-bond donors (Lipinski definition) is 1. The number of para-hydroxylation sites is 1. The molecule has 5 rings (SSSR count). The number of allylic oxidation sites excluding steroid dienone is 2. The first kappa shape index (κ1) is 19.1. The number of aryl methyl sites for hydroxylation is 1. The Kier molecular flexibility index (Phi) is 4.37. The van der Waals surface area contributed by atoms with Gasteiger partial charge in [-0.2, -0.15) is 5.10 Å². The zero-order chi connectivity index (χ0) is 21.0. The number of rotatable bonds is 2. The quantitative estimate of drug-likeness (QED) is 0.553. The second kappa shape index (κ2) is 6.85. The number of hydrogen-bond acceptors (Lipinski definition) is 3. The summed E-state index contributed by atoms with van der Waals surface area (Å²) in [6.45, 7) is 6.30. The van der Waals surface area contributed by atoms with E-state index in [9.17, 15) is 4.79 Å². The lowest BCUT2D eigenvalue weighted by molar-refractivity contribution is -0.118. The zero-order valence-corrected chi connectivity index (χ0v) is 18.1. The topological polar surface area (TPSA) is 46.9 Å². The Morgan fingerprint density at radius 2 is 1.77 bits per heavy atom. The van der Waals surface area contributed by atoms with Gasteiger partial charge in [0, 0.05) is 34.2 Å². The molecule has 0 saturated heterocycles. The van der Waals surface area contributed by atoms with E-state index in [1.807, 2.05) is 66.2 Å². The fourth-order valence-electron chi connectivity index (χ4n) is 4.85. The summed E-state index contributed by atoms with van der Waals surface area (Å²) >= 11 is 6.65. The van der Waals surface area contributed by atoms with E-state index in [1.54, 1.807) is 0 Å². The minimum absolute atomic E-state index is 0.0852. The van der Waals surface area contributed by atoms with Gasteiger partial charge in [-0.1, -0.05) is 61.8 Å². The Bertz CT molecular complexity index is 1190. The summed E-state index contributed by atoms with van der Waals surface area (Å²) in [5.74, 6) is 0.898. The van der Waals surface area contributed by atoms with Crippen LogP contribution < -0.4 is 5.32 Å². The van der Waals surface area contributed by atoms with Crippen molar-refractivity contribution >= 4 is 23.2 Å². The van der Waals surface area contributed by atoms with E-state index in [-0.39, 0.29) is 17.1 Å². The van der Waals surface area contributed by atoms with Gasteiger partial charge in [-0.05, 0) is 42.5 Å². The molecule has 4 nitrogen and oxygen atoms in total. The van der Waals surface area contributed by atoms with Crippen molar-refractivity contribution in [1.82, 2.24) is 9.78 Å². The molecule has 0 fully saturated rings. The number of halogens is 1. The molecule has 5 heteroatoms. The molecule has 0 amide bonds. The number of ketones is 1. The maximum atomic E-state index is 13.4. The van der Waals surface area contributed by atoms with Gasteiger partial charge in [0.1, 0.15) is 5.82 Å². The van der Waals surface area contributed by atoms with E-state index in [0.717, 1.165) is 46.0 Å². The number of anilines is 1. The Morgan fingerprint density at radius 1 is 1.07 bits per heavy atom. The van der Waals surface area contributed by atoms with E-state index >= 15 is 0 Å². The van der Waals surface area contributed by atoms with Crippen LogP contribution in [-0.2, 0) is 4.79 Å². The first-order chi connectivity index (χ1) is 14.4. The number of aromatic nitrogens is 2. The molecule has 0 saturated carbocycles. The molecular weight excluding hydrogens is 394 g/mol. The molecule has 3 aromatic rings. The average Bonchev–Trinajstić information content (AvgIpc) is 3.03. The van der Waals surface area contributed by atoms with Crippen LogP contribution in [-0.4, -0.2) is 15.6 Å². The molecule has 1 atom stereocenters. The second-order valence-electron chi connectivity index (χ2n) is 9.01. The summed E-state index contributed by atoms with van der Waals surface area (Å²) < 4.78 is 1.95. The summed E-state index contributed by atoms with van der Waals surface area (Å²) in [5, 5.41) is 9.14. The Labute approximate surface area is 181 Å². The van der Waals surface area contributed by atoms with Crippen LogP contribution in [0.15, 0.2) is 65.9 Å². The first-order valence-corrected chi connectivity index (χ1v) is 10.7. The lowest BCUT2D eigenvalue weighted by Gasteiger charge is -2.39. The van der Waals surface area contributed by atoms with Crippen molar-refractivity contribution in [2.45, 2.75) is 39.5 Å². The molecule has 2 aromatic carbocycles. The van der Waals surface area contributed by atoms with Crippen LogP contribution in [0.3, 0.4) is 0 Å². The van der Waals surface area contributed by atoms with Crippen LogP contribution in [0.1, 0.15) is 49.4 Å². The van der Waals surface area contributed by atoms with Crippen molar-refractivity contribution < 1.29 is 4.79 Å². The number of nitrogens with zero attached hydrogens (tertiary/aromatic N) is 2. The van der Waals surface area contributed by atoms with Crippen molar-refractivity contribution in [2.24, 2.45) is 5.41 Å². The maximum Gasteiger partial charge on any atom is 0.162 e. The smallest absolute Gasteiger partial charge is 0.162 e. The van der Waals surface area contributed by atoms with Crippen LogP contribution in [0.5, 0.6) is 0 Å². The van der Waals surface area contributed by atoms with Gasteiger partial charge < -0.3 is 5.32 Å². The molecule has 0 radical (unpaired) electrons. The van der Waals surface area contributed by atoms with Gasteiger partial charge in [-0.15, -0.1) is 0 Å². The third kappa shape index (κ3) is 2.98. The van der Waals surface area contributed by atoms with Gasteiger partial charge in [0.15, 0.2) is 5.78 Å². The van der Waals surface area contributed by atoms with E-state index < -0.39 is 0 Å². The van der Waals surface area contributed by atoms with Gasteiger partial charge in [-0.25, -0.2) is 4.68 Å². The largest absolute Gasteiger partial charge is 0.343 e. The second-order valence-corrected chi connectivity index (χ2v) is 9.41. The minimum atomic E-state index is -0.217. The highest BCUT2D eigenvalue weighted by atomic mass is 35.5. The van der Waals surface area contributed by atoms with E-state index in [1.165, 1.54) is 0 Å². The van der Waals surface area contributed by atoms with Gasteiger partial charge in [-0.3, -0.25) is 4.79 Å². The molecule has 1 N–H and O–H groups in total. The van der Waals surface area contributed by atoms with Crippen molar-refractivity contribution in [1.29, 1.82) is 0 Å². The standard InChI is InChI=1S/C25H24ClN3O/c1-15-21-22(17-11-7-8-12-18(17)26)23-19(13-25(2,3)14-20(23)30)27-24(21)29(28-15)16-9-5-4-6-10-16/h4-12,22,27H,13-14H2,1-3H3. The van der Waals surface area contributed by atoms with Gasteiger partial charge in [0.05, 0.1) is 11.4 Å².